The first kappa shape index (κ1) is 16.3. The van der Waals surface area contributed by atoms with Crippen molar-refractivity contribution in [2.75, 3.05) is 13.7 Å². The fraction of sp³-hybridized carbons (Fsp3) is 0.438. The Kier molecular flexibility index (Phi) is 4.39. The Morgan fingerprint density at radius 1 is 1.33 bits per heavy atom. The Hall–Kier alpha value is -2.61. The highest BCUT2D eigenvalue weighted by Crippen LogP contribution is 2.36. The van der Waals surface area contributed by atoms with Gasteiger partial charge in [-0.15, -0.1) is 0 Å². The lowest BCUT2D eigenvalue weighted by molar-refractivity contribution is -0.119. The average molecular weight is 332 g/mol. The summed E-state index contributed by atoms with van der Waals surface area (Å²) in [5.74, 6) is 1.18. The molecule has 0 radical (unpaired) electrons. The number of amides is 1. The van der Waals surface area contributed by atoms with E-state index in [4.69, 9.17) is 25.5 Å². The zero-order valence-electron chi connectivity index (χ0n) is 13.4. The molecule has 0 saturated heterocycles. The minimum atomic E-state index is -0.563. The molecule has 8 nitrogen and oxygen atoms in total. The van der Waals surface area contributed by atoms with Gasteiger partial charge in [-0.25, -0.2) is 0 Å². The van der Waals surface area contributed by atoms with Crippen molar-refractivity contribution in [3.8, 4) is 23.0 Å². The third-order valence-electron chi connectivity index (χ3n) is 4.15. The van der Waals surface area contributed by atoms with Gasteiger partial charge >= 0.3 is 0 Å². The standard InChI is InChI=1S/C16H20N4O4/c1-22-12-8-10(4-5-11(12)23-9-13(17)21)14-19-15(20-24-14)16(18)6-2-3-7-16/h4-5,8H,2-3,6-7,9,18H2,1H3,(H2,17,21). The number of primary amides is 1. The third-order valence-corrected chi connectivity index (χ3v) is 4.15. The Bertz CT molecular complexity index is 737. The number of nitrogens with two attached hydrogens (primary N) is 2. The van der Waals surface area contributed by atoms with Gasteiger partial charge in [-0.3, -0.25) is 4.79 Å². The molecule has 1 amide bonds. The molecule has 1 aliphatic rings. The predicted octanol–water partition coefficient (Wildman–Crippen LogP) is 1.34. The summed E-state index contributed by atoms with van der Waals surface area (Å²) in [6.45, 7) is -0.226. The van der Waals surface area contributed by atoms with E-state index in [9.17, 15) is 4.79 Å². The van der Waals surface area contributed by atoms with Crippen LogP contribution in [0, 0.1) is 0 Å². The summed E-state index contributed by atoms with van der Waals surface area (Å²) in [6.07, 6.45) is 3.85. The van der Waals surface area contributed by atoms with Crippen molar-refractivity contribution in [3.05, 3.63) is 24.0 Å². The molecule has 128 valence electrons. The molecular weight excluding hydrogens is 312 g/mol. The number of rotatable bonds is 6. The SMILES string of the molecule is COc1cc(-c2nc(C3(N)CCCC3)no2)ccc1OCC(N)=O. The maximum Gasteiger partial charge on any atom is 0.258 e. The van der Waals surface area contributed by atoms with Crippen LogP contribution in [0.25, 0.3) is 11.5 Å². The fourth-order valence-electron chi connectivity index (χ4n) is 2.84. The lowest BCUT2D eigenvalue weighted by Crippen LogP contribution is -2.34. The van der Waals surface area contributed by atoms with Crippen molar-refractivity contribution >= 4 is 5.91 Å². The summed E-state index contributed by atoms with van der Waals surface area (Å²) in [4.78, 5) is 15.3. The van der Waals surface area contributed by atoms with Gasteiger partial charge in [0.15, 0.2) is 23.9 Å². The van der Waals surface area contributed by atoms with E-state index in [1.807, 2.05) is 0 Å². The molecule has 1 fully saturated rings. The third kappa shape index (κ3) is 3.18. The first-order chi connectivity index (χ1) is 11.5. The number of aromatic nitrogens is 2. The smallest absolute Gasteiger partial charge is 0.258 e. The number of hydrogen-bond acceptors (Lipinski definition) is 7. The number of benzene rings is 1. The summed E-state index contributed by atoms with van der Waals surface area (Å²) in [6, 6.07) is 5.11. The number of ether oxygens (including phenoxy) is 2. The second-order valence-corrected chi connectivity index (χ2v) is 5.91. The lowest BCUT2D eigenvalue weighted by atomic mass is 9.99. The summed E-state index contributed by atoms with van der Waals surface area (Å²) in [5.41, 5.74) is 11.6. The molecule has 1 heterocycles. The van der Waals surface area contributed by atoms with Crippen LogP contribution in [0.2, 0.25) is 0 Å². The molecule has 1 aliphatic carbocycles. The van der Waals surface area contributed by atoms with Crippen molar-refractivity contribution in [1.29, 1.82) is 0 Å². The minimum Gasteiger partial charge on any atom is -0.493 e. The fourth-order valence-corrected chi connectivity index (χ4v) is 2.84. The number of hydrogen-bond donors (Lipinski definition) is 2. The Morgan fingerprint density at radius 2 is 2.08 bits per heavy atom. The topological polar surface area (TPSA) is 126 Å². The second-order valence-electron chi connectivity index (χ2n) is 5.91. The maximum absolute atomic E-state index is 10.8. The molecule has 24 heavy (non-hydrogen) atoms. The van der Waals surface area contributed by atoms with Gasteiger partial charge in [-0.05, 0) is 31.0 Å². The van der Waals surface area contributed by atoms with Crippen molar-refractivity contribution in [1.82, 2.24) is 10.1 Å². The molecule has 0 bridgehead atoms. The number of nitrogens with zero attached hydrogens (tertiary/aromatic N) is 2. The summed E-state index contributed by atoms with van der Waals surface area (Å²) < 4.78 is 15.9. The molecule has 4 N–H and O–H groups in total. The molecule has 0 atom stereocenters. The molecule has 1 aromatic carbocycles. The van der Waals surface area contributed by atoms with Gasteiger partial charge in [-0.2, -0.15) is 4.98 Å². The number of methoxy groups -OCH3 is 1. The van der Waals surface area contributed by atoms with Crippen LogP contribution in [0.1, 0.15) is 31.5 Å². The lowest BCUT2D eigenvalue weighted by Gasteiger charge is -2.17. The van der Waals surface area contributed by atoms with Crippen LogP contribution in [0.3, 0.4) is 0 Å². The largest absolute Gasteiger partial charge is 0.493 e. The van der Waals surface area contributed by atoms with Gasteiger partial charge in [0.25, 0.3) is 11.8 Å². The van der Waals surface area contributed by atoms with E-state index >= 15 is 0 Å². The van der Waals surface area contributed by atoms with E-state index in [0.29, 0.717) is 28.8 Å². The van der Waals surface area contributed by atoms with Gasteiger partial charge in [0.05, 0.1) is 12.6 Å². The van der Waals surface area contributed by atoms with Gasteiger partial charge < -0.3 is 25.5 Å². The quantitative estimate of drug-likeness (QED) is 0.817. The van der Waals surface area contributed by atoms with Crippen LogP contribution in [0.5, 0.6) is 11.5 Å². The van der Waals surface area contributed by atoms with Crippen LogP contribution in [0.15, 0.2) is 22.7 Å². The predicted molar refractivity (Wildman–Crippen MR) is 85.3 cm³/mol. The number of carbonyl (C=O) groups excluding carboxylic acids is 1. The second kappa shape index (κ2) is 6.48. The van der Waals surface area contributed by atoms with Crippen molar-refractivity contribution in [2.24, 2.45) is 11.5 Å². The van der Waals surface area contributed by atoms with E-state index in [1.54, 1.807) is 18.2 Å². The van der Waals surface area contributed by atoms with Gasteiger partial charge in [-0.1, -0.05) is 18.0 Å². The van der Waals surface area contributed by atoms with Gasteiger partial charge in [0.1, 0.15) is 0 Å². The number of carbonyl (C=O) groups is 1. The normalized spacial score (nSPS) is 16.1. The highest BCUT2D eigenvalue weighted by atomic mass is 16.5. The van der Waals surface area contributed by atoms with Crippen molar-refractivity contribution in [3.63, 3.8) is 0 Å². The Labute approximate surface area is 139 Å². The van der Waals surface area contributed by atoms with Crippen molar-refractivity contribution in [2.45, 2.75) is 31.2 Å². The monoisotopic (exact) mass is 332 g/mol. The average Bonchev–Trinajstić information content (AvgIpc) is 3.22. The molecule has 8 heteroatoms. The van der Waals surface area contributed by atoms with Crippen LogP contribution in [0.4, 0.5) is 0 Å². The molecule has 0 unspecified atom stereocenters. The molecule has 1 saturated carbocycles. The summed E-state index contributed by atoms with van der Waals surface area (Å²) in [7, 11) is 1.50. The van der Waals surface area contributed by atoms with Crippen molar-refractivity contribution < 1.29 is 18.8 Å². The van der Waals surface area contributed by atoms with E-state index in [2.05, 4.69) is 10.1 Å². The van der Waals surface area contributed by atoms with Crippen LogP contribution in [-0.2, 0) is 10.3 Å². The zero-order chi connectivity index (χ0) is 17.2. The molecular formula is C16H20N4O4. The minimum absolute atomic E-state index is 0.226. The molecule has 2 aromatic rings. The van der Waals surface area contributed by atoms with Crippen LogP contribution >= 0.6 is 0 Å². The van der Waals surface area contributed by atoms with E-state index < -0.39 is 11.4 Å². The Balaban J connectivity index is 1.84. The molecule has 3 rings (SSSR count). The first-order valence-electron chi connectivity index (χ1n) is 7.74. The van der Waals surface area contributed by atoms with E-state index in [0.717, 1.165) is 25.7 Å². The maximum atomic E-state index is 10.8. The van der Waals surface area contributed by atoms with Gasteiger partial charge in [0.2, 0.25) is 0 Å². The first-order valence-corrected chi connectivity index (χ1v) is 7.74. The molecule has 1 aromatic heterocycles. The summed E-state index contributed by atoms with van der Waals surface area (Å²) >= 11 is 0. The summed E-state index contributed by atoms with van der Waals surface area (Å²) in [5, 5.41) is 4.04. The highest BCUT2D eigenvalue weighted by molar-refractivity contribution is 5.75. The highest BCUT2D eigenvalue weighted by Gasteiger charge is 2.36. The van der Waals surface area contributed by atoms with E-state index in [1.165, 1.54) is 7.11 Å². The zero-order valence-corrected chi connectivity index (χ0v) is 13.4. The van der Waals surface area contributed by atoms with Gasteiger partial charge in [0, 0.05) is 5.56 Å². The molecule has 0 spiro atoms. The Morgan fingerprint density at radius 3 is 2.75 bits per heavy atom. The van der Waals surface area contributed by atoms with E-state index in [-0.39, 0.29) is 6.61 Å². The molecule has 0 aliphatic heterocycles. The van der Waals surface area contributed by atoms with Crippen LogP contribution < -0.4 is 20.9 Å². The van der Waals surface area contributed by atoms with Crippen LogP contribution in [-0.4, -0.2) is 29.8 Å².